The molecular formula is C24H23N5O3. The van der Waals surface area contributed by atoms with E-state index in [-0.39, 0.29) is 18.0 Å². The van der Waals surface area contributed by atoms with Gasteiger partial charge in [-0.1, -0.05) is 11.6 Å². The fourth-order valence-electron chi connectivity index (χ4n) is 3.61. The summed E-state index contributed by atoms with van der Waals surface area (Å²) in [6.07, 6.45) is 4.40. The van der Waals surface area contributed by atoms with Crippen molar-refractivity contribution in [2.45, 2.75) is 27.7 Å². The molecule has 162 valence electrons. The van der Waals surface area contributed by atoms with Crippen LogP contribution in [0.4, 0.5) is 5.82 Å². The summed E-state index contributed by atoms with van der Waals surface area (Å²) < 4.78 is 6.61. The molecule has 8 nitrogen and oxygen atoms in total. The van der Waals surface area contributed by atoms with Crippen molar-refractivity contribution in [1.29, 1.82) is 0 Å². The first kappa shape index (κ1) is 21.2. The second kappa shape index (κ2) is 8.58. The first-order chi connectivity index (χ1) is 15.4. The van der Waals surface area contributed by atoms with Crippen LogP contribution < -0.4 is 5.32 Å². The van der Waals surface area contributed by atoms with Crippen molar-refractivity contribution in [3.63, 3.8) is 0 Å². The van der Waals surface area contributed by atoms with Crippen molar-refractivity contribution in [3.05, 3.63) is 76.7 Å². The quantitative estimate of drug-likeness (QED) is 0.478. The standard InChI is InChI=1S/C24H23N5O3/c1-5-32-24(31)19-13-26-29(22(19)28-23(30)17-7-6-8-25-12-17)20-11-15(3)18-10-14(2)9-16(4)21(18)27-20/h6-13H,5H2,1-4H3,(H,28,30). The fourth-order valence-corrected chi connectivity index (χ4v) is 3.61. The molecule has 1 N–H and O–H groups in total. The minimum atomic E-state index is -0.579. The van der Waals surface area contributed by atoms with Crippen LogP contribution in [0.5, 0.6) is 0 Å². The molecule has 0 saturated carbocycles. The predicted molar refractivity (Wildman–Crippen MR) is 121 cm³/mol. The SMILES string of the molecule is CCOC(=O)c1cnn(-c2cc(C)c3cc(C)cc(C)c3n2)c1NC(=O)c1cccnc1. The number of esters is 1. The Morgan fingerprint density at radius 1 is 1.09 bits per heavy atom. The lowest BCUT2D eigenvalue weighted by Gasteiger charge is -2.13. The Morgan fingerprint density at radius 2 is 1.91 bits per heavy atom. The Labute approximate surface area is 185 Å². The summed E-state index contributed by atoms with van der Waals surface area (Å²) >= 11 is 0. The van der Waals surface area contributed by atoms with Crippen LogP contribution >= 0.6 is 0 Å². The van der Waals surface area contributed by atoms with Crippen molar-refractivity contribution >= 4 is 28.6 Å². The number of nitrogens with zero attached hydrogens (tertiary/aromatic N) is 4. The summed E-state index contributed by atoms with van der Waals surface area (Å²) in [7, 11) is 0. The highest BCUT2D eigenvalue weighted by Gasteiger charge is 2.23. The molecule has 0 fully saturated rings. The minimum Gasteiger partial charge on any atom is -0.462 e. The van der Waals surface area contributed by atoms with Gasteiger partial charge in [0.25, 0.3) is 5.91 Å². The molecule has 1 aromatic carbocycles. The second-order valence-corrected chi connectivity index (χ2v) is 7.51. The molecule has 4 aromatic rings. The van der Waals surface area contributed by atoms with Crippen LogP contribution in [0.3, 0.4) is 0 Å². The first-order valence-electron chi connectivity index (χ1n) is 10.2. The first-order valence-corrected chi connectivity index (χ1v) is 10.2. The van der Waals surface area contributed by atoms with Crippen LogP contribution in [0, 0.1) is 20.8 Å². The number of hydrogen-bond acceptors (Lipinski definition) is 6. The van der Waals surface area contributed by atoms with Gasteiger partial charge in [-0.2, -0.15) is 9.78 Å². The van der Waals surface area contributed by atoms with E-state index in [9.17, 15) is 9.59 Å². The summed E-state index contributed by atoms with van der Waals surface area (Å²) in [6.45, 7) is 7.96. The highest BCUT2D eigenvalue weighted by Crippen LogP contribution is 2.27. The number of ether oxygens (including phenoxy) is 1. The third-order valence-electron chi connectivity index (χ3n) is 5.08. The Kier molecular flexibility index (Phi) is 5.68. The molecular weight excluding hydrogens is 406 g/mol. The molecule has 0 aliphatic heterocycles. The van der Waals surface area contributed by atoms with Gasteiger partial charge in [-0.3, -0.25) is 9.78 Å². The van der Waals surface area contributed by atoms with Crippen molar-refractivity contribution < 1.29 is 14.3 Å². The maximum absolute atomic E-state index is 12.8. The van der Waals surface area contributed by atoms with Gasteiger partial charge in [0, 0.05) is 17.8 Å². The van der Waals surface area contributed by atoms with E-state index in [2.05, 4.69) is 27.5 Å². The van der Waals surface area contributed by atoms with Gasteiger partial charge in [-0.05, 0) is 63.1 Å². The Morgan fingerprint density at radius 3 is 2.62 bits per heavy atom. The number of pyridine rings is 2. The number of carbonyl (C=O) groups excluding carboxylic acids is 2. The molecule has 4 rings (SSSR count). The highest BCUT2D eigenvalue weighted by atomic mass is 16.5. The largest absolute Gasteiger partial charge is 0.462 e. The van der Waals surface area contributed by atoms with E-state index in [1.807, 2.05) is 26.8 Å². The molecule has 8 heteroatoms. The summed E-state index contributed by atoms with van der Waals surface area (Å²) in [6, 6.07) is 9.33. The molecule has 0 unspecified atom stereocenters. The third-order valence-corrected chi connectivity index (χ3v) is 5.08. The molecule has 0 atom stereocenters. The van der Waals surface area contributed by atoms with E-state index in [1.54, 1.807) is 25.3 Å². The van der Waals surface area contributed by atoms with Crippen LogP contribution in [-0.4, -0.2) is 38.2 Å². The average molecular weight is 429 g/mol. The highest BCUT2D eigenvalue weighted by molar-refractivity contribution is 6.07. The number of carbonyl (C=O) groups is 2. The van der Waals surface area contributed by atoms with E-state index in [0.29, 0.717) is 11.4 Å². The van der Waals surface area contributed by atoms with Crippen molar-refractivity contribution in [2.75, 3.05) is 11.9 Å². The van der Waals surface area contributed by atoms with Crippen LogP contribution in [0.15, 0.2) is 48.9 Å². The van der Waals surface area contributed by atoms with Crippen LogP contribution in [0.2, 0.25) is 0 Å². The number of aromatic nitrogens is 4. The Hall–Kier alpha value is -4.07. The predicted octanol–water partition coefficient (Wildman–Crippen LogP) is 4.17. The van der Waals surface area contributed by atoms with Gasteiger partial charge in [-0.25, -0.2) is 9.78 Å². The van der Waals surface area contributed by atoms with E-state index in [4.69, 9.17) is 9.72 Å². The molecule has 0 aliphatic carbocycles. The molecule has 3 heterocycles. The number of aryl methyl sites for hydroxylation is 3. The summed E-state index contributed by atoms with van der Waals surface area (Å²) in [4.78, 5) is 34.1. The normalized spacial score (nSPS) is 10.9. The summed E-state index contributed by atoms with van der Waals surface area (Å²) in [5.41, 5.74) is 4.52. The lowest BCUT2D eigenvalue weighted by atomic mass is 10.0. The summed E-state index contributed by atoms with van der Waals surface area (Å²) in [5, 5.41) is 8.19. The van der Waals surface area contributed by atoms with Crippen molar-refractivity contribution in [3.8, 4) is 5.82 Å². The molecule has 0 spiro atoms. The van der Waals surface area contributed by atoms with Crippen molar-refractivity contribution in [2.24, 2.45) is 0 Å². The molecule has 0 aliphatic rings. The second-order valence-electron chi connectivity index (χ2n) is 7.51. The lowest BCUT2D eigenvalue weighted by Crippen LogP contribution is -2.18. The molecule has 3 aromatic heterocycles. The number of amides is 1. The zero-order chi connectivity index (χ0) is 22.8. The van der Waals surface area contributed by atoms with Gasteiger partial charge in [0.15, 0.2) is 11.6 Å². The van der Waals surface area contributed by atoms with Crippen molar-refractivity contribution in [1.82, 2.24) is 19.7 Å². The molecule has 0 bridgehead atoms. The van der Waals surface area contributed by atoms with Crippen LogP contribution in [0.25, 0.3) is 16.7 Å². The molecule has 1 amide bonds. The van der Waals surface area contributed by atoms with Gasteiger partial charge >= 0.3 is 5.97 Å². The minimum absolute atomic E-state index is 0.143. The summed E-state index contributed by atoms with van der Waals surface area (Å²) in [5.74, 6) is -0.327. The molecule has 32 heavy (non-hydrogen) atoms. The topological polar surface area (TPSA) is 99.0 Å². The van der Waals surface area contributed by atoms with Crippen LogP contribution in [0.1, 0.15) is 44.3 Å². The van der Waals surface area contributed by atoms with E-state index in [1.165, 1.54) is 17.1 Å². The fraction of sp³-hybridized carbons (Fsp3) is 0.208. The Bertz CT molecular complexity index is 1330. The maximum Gasteiger partial charge on any atom is 0.343 e. The average Bonchev–Trinajstić information content (AvgIpc) is 3.18. The van der Waals surface area contributed by atoms with E-state index < -0.39 is 11.9 Å². The number of hydrogen-bond donors (Lipinski definition) is 1. The van der Waals surface area contributed by atoms with Gasteiger partial charge in [0.2, 0.25) is 0 Å². The zero-order valence-electron chi connectivity index (χ0n) is 18.3. The number of rotatable bonds is 5. The molecule has 0 saturated heterocycles. The third kappa shape index (κ3) is 3.94. The number of benzene rings is 1. The van der Waals surface area contributed by atoms with Gasteiger partial charge in [-0.15, -0.1) is 0 Å². The monoisotopic (exact) mass is 429 g/mol. The number of anilines is 1. The number of fused-ring (bicyclic) bond motifs is 1. The Balaban J connectivity index is 1.85. The molecule has 0 radical (unpaired) electrons. The number of nitrogens with one attached hydrogen (secondary N) is 1. The maximum atomic E-state index is 12.8. The van der Waals surface area contributed by atoms with E-state index in [0.717, 1.165) is 27.6 Å². The van der Waals surface area contributed by atoms with Gasteiger partial charge < -0.3 is 10.1 Å². The van der Waals surface area contributed by atoms with E-state index >= 15 is 0 Å². The zero-order valence-corrected chi connectivity index (χ0v) is 18.3. The van der Waals surface area contributed by atoms with Crippen LogP contribution in [-0.2, 0) is 4.74 Å². The lowest BCUT2D eigenvalue weighted by molar-refractivity contribution is 0.0527. The smallest absolute Gasteiger partial charge is 0.343 e. The van der Waals surface area contributed by atoms with Gasteiger partial charge in [0.1, 0.15) is 5.56 Å². The van der Waals surface area contributed by atoms with Gasteiger partial charge in [0.05, 0.1) is 23.9 Å².